The van der Waals surface area contributed by atoms with Crippen molar-refractivity contribution in [2.75, 3.05) is 19.0 Å². The Morgan fingerprint density at radius 3 is 2.34 bits per heavy atom. The topological polar surface area (TPSA) is 126 Å². The summed E-state index contributed by atoms with van der Waals surface area (Å²) in [6.45, 7) is 1.98. The summed E-state index contributed by atoms with van der Waals surface area (Å²) in [6.07, 6.45) is -4.80. The van der Waals surface area contributed by atoms with E-state index >= 15 is 0 Å². The molecule has 0 saturated heterocycles. The number of carbonyl (C=O) groups is 2. The molecule has 2 amide bonds. The van der Waals surface area contributed by atoms with E-state index < -0.39 is 40.6 Å². The number of benzene rings is 3. The summed E-state index contributed by atoms with van der Waals surface area (Å²) in [5, 5.41) is 6.51. The van der Waals surface area contributed by atoms with Gasteiger partial charge in [-0.2, -0.15) is 18.3 Å². The summed E-state index contributed by atoms with van der Waals surface area (Å²) in [6, 6.07) is 13.4. The number of primary amides is 1. The first-order valence-corrected chi connectivity index (χ1v) is 13.2. The van der Waals surface area contributed by atoms with Gasteiger partial charge in [-0.25, -0.2) is 18.4 Å². The Balaban J connectivity index is 1.68. The lowest BCUT2D eigenvalue weighted by Crippen LogP contribution is -2.21. The molecular weight excluding hydrogens is 584 g/mol. The number of nitrogens with zero attached hydrogens (tertiary/aromatic N) is 4. The van der Waals surface area contributed by atoms with Gasteiger partial charge in [-0.05, 0) is 55.0 Å². The van der Waals surface area contributed by atoms with Gasteiger partial charge in [0.25, 0.3) is 11.8 Å². The van der Waals surface area contributed by atoms with Crippen molar-refractivity contribution >= 4 is 28.4 Å². The molecular formula is C30H26F4N6O4. The number of amides is 2. The number of carbonyl (C=O) groups excluding carboxylic acids is 2. The van der Waals surface area contributed by atoms with Gasteiger partial charge in [-0.3, -0.25) is 9.59 Å². The number of nitrogens with two attached hydrogens (primary N) is 1. The van der Waals surface area contributed by atoms with Gasteiger partial charge in [0, 0.05) is 31.8 Å². The van der Waals surface area contributed by atoms with Gasteiger partial charge in [0.05, 0.1) is 40.2 Å². The molecule has 3 N–H and O–H groups in total. The second-order valence-electron chi connectivity index (χ2n) is 9.95. The van der Waals surface area contributed by atoms with Crippen molar-refractivity contribution in [2.24, 2.45) is 12.8 Å². The number of rotatable bonds is 8. The van der Waals surface area contributed by atoms with Crippen LogP contribution in [-0.2, 0) is 24.5 Å². The Hall–Kier alpha value is -5.24. The predicted molar refractivity (Wildman–Crippen MR) is 154 cm³/mol. The summed E-state index contributed by atoms with van der Waals surface area (Å²) in [4.78, 5) is 37.6. The smallest absolute Gasteiger partial charge is 0.383 e. The molecule has 0 aliphatic carbocycles. The number of anilines is 1. The number of nitrogens with one attached hydrogen (secondary N) is 1. The van der Waals surface area contributed by atoms with E-state index in [1.165, 1.54) is 35.5 Å². The lowest BCUT2D eigenvalue weighted by Gasteiger charge is -2.16. The highest BCUT2D eigenvalue weighted by molar-refractivity contribution is 6.13. The molecule has 0 atom stereocenters. The van der Waals surface area contributed by atoms with Crippen LogP contribution in [0.4, 0.5) is 23.2 Å². The molecule has 5 rings (SSSR count). The number of alkyl halides is 3. The van der Waals surface area contributed by atoms with E-state index in [9.17, 15) is 31.9 Å². The first-order chi connectivity index (χ1) is 20.8. The van der Waals surface area contributed by atoms with E-state index in [4.69, 9.17) is 10.5 Å². The van der Waals surface area contributed by atoms with Gasteiger partial charge in [0.1, 0.15) is 5.82 Å². The molecule has 44 heavy (non-hydrogen) atoms. The third-order valence-electron chi connectivity index (χ3n) is 7.10. The number of hydrogen-bond donors (Lipinski definition) is 2. The monoisotopic (exact) mass is 610 g/mol. The van der Waals surface area contributed by atoms with E-state index in [1.54, 1.807) is 35.8 Å². The number of halogens is 4. The van der Waals surface area contributed by atoms with Crippen LogP contribution in [0.15, 0.2) is 65.5 Å². The first-order valence-electron chi connectivity index (χ1n) is 13.2. The largest absolute Gasteiger partial charge is 0.416 e. The fraction of sp³-hybridized carbons (Fsp3) is 0.200. The van der Waals surface area contributed by atoms with Crippen LogP contribution in [0.2, 0.25) is 0 Å². The van der Waals surface area contributed by atoms with E-state index in [-0.39, 0.29) is 35.3 Å². The maximum atomic E-state index is 14.9. The normalized spacial score (nSPS) is 11.7. The zero-order valence-electron chi connectivity index (χ0n) is 23.7. The SMILES string of the molecule is COCCn1c(-c2ccc(-n3c(C)nn(C)c3=O)cc2)cc2cc(C(F)(F)F)cc(C(=O)Nc3cccc(C(N)=O)c3F)c21. The number of hydrogen-bond acceptors (Lipinski definition) is 5. The zero-order chi connectivity index (χ0) is 31.9. The predicted octanol–water partition coefficient (Wildman–Crippen LogP) is 4.66. The van der Waals surface area contributed by atoms with Gasteiger partial charge in [-0.15, -0.1) is 0 Å². The molecule has 0 bridgehead atoms. The standard InChI is InChI=1S/C30H26F4N6O4/c1-16-37-38(2)29(43)40(16)20-9-7-17(8-10-20)24-14-18-13-19(30(32,33)34)15-22(26(18)39(24)11-12-44-3)28(42)36-23-6-4-5-21(25(23)31)27(35)41/h4-10,13-15H,11-12H2,1-3H3,(H2,35,41)(H,36,42). The molecule has 2 heterocycles. The van der Waals surface area contributed by atoms with Crippen molar-refractivity contribution < 1.29 is 31.9 Å². The third-order valence-corrected chi connectivity index (χ3v) is 7.10. The van der Waals surface area contributed by atoms with Gasteiger partial charge in [-0.1, -0.05) is 18.2 Å². The van der Waals surface area contributed by atoms with Crippen LogP contribution >= 0.6 is 0 Å². The van der Waals surface area contributed by atoms with Crippen LogP contribution in [0.3, 0.4) is 0 Å². The van der Waals surface area contributed by atoms with Crippen molar-refractivity contribution in [3.8, 4) is 16.9 Å². The molecule has 5 aromatic rings. The number of aromatic nitrogens is 4. The summed E-state index contributed by atoms with van der Waals surface area (Å²) in [7, 11) is 2.98. The van der Waals surface area contributed by atoms with Crippen molar-refractivity contribution in [1.82, 2.24) is 18.9 Å². The Morgan fingerprint density at radius 1 is 1.05 bits per heavy atom. The highest BCUT2D eigenvalue weighted by Gasteiger charge is 2.33. The molecule has 3 aromatic carbocycles. The summed E-state index contributed by atoms with van der Waals surface area (Å²) >= 11 is 0. The molecule has 14 heteroatoms. The zero-order valence-corrected chi connectivity index (χ0v) is 23.7. The second-order valence-corrected chi connectivity index (χ2v) is 9.95. The minimum absolute atomic E-state index is 0.103. The van der Waals surface area contributed by atoms with Crippen LogP contribution in [0.1, 0.15) is 32.1 Å². The van der Waals surface area contributed by atoms with Gasteiger partial charge in [0.15, 0.2) is 5.82 Å². The van der Waals surface area contributed by atoms with Crippen molar-refractivity contribution in [3.05, 3.63) is 99.5 Å². The Morgan fingerprint density at radius 2 is 1.75 bits per heavy atom. The average Bonchev–Trinajstić information content (AvgIpc) is 3.46. The molecule has 228 valence electrons. The minimum atomic E-state index is -4.80. The van der Waals surface area contributed by atoms with Crippen LogP contribution in [0.25, 0.3) is 27.8 Å². The van der Waals surface area contributed by atoms with Gasteiger partial charge < -0.3 is 20.4 Å². The Kier molecular flexibility index (Phi) is 7.86. The van der Waals surface area contributed by atoms with E-state index in [1.807, 2.05) is 0 Å². The second kappa shape index (κ2) is 11.4. The van der Waals surface area contributed by atoms with Gasteiger partial charge >= 0.3 is 11.9 Å². The number of methoxy groups -OCH3 is 1. The summed E-state index contributed by atoms with van der Waals surface area (Å²) in [5.74, 6) is -2.76. The maximum absolute atomic E-state index is 14.9. The van der Waals surface area contributed by atoms with Gasteiger partial charge in [0.2, 0.25) is 0 Å². The van der Waals surface area contributed by atoms with Crippen LogP contribution in [-0.4, -0.2) is 44.4 Å². The Labute approximate surface area is 247 Å². The molecule has 0 unspecified atom stereocenters. The lowest BCUT2D eigenvalue weighted by molar-refractivity contribution is -0.137. The average molecular weight is 611 g/mol. The molecule has 0 aliphatic heterocycles. The molecule has 0 fully saturated rings. The van der Waals surface area contributed by atoms with Crippen LogP contribution in [0, 0.1) is 12.7 Å². The molecule has 0 saturated carbocycles. The van der Waals surface area contributed by atoms with Crippen molar-refractivity contribution in [3.63, 3.8) is 0 Å². The summed E-state index contributed by atoms with van der Waals surface area (Å²) in [5.41, 5.74) is 4.19. The molecule has 0 spiro atoms. The van der Waals surface area contributed by atoms with E-state index in [0.29, 0.717) is 28.8 Å². The van der Waals surface area contributed by atoms with Crippen molar-refractivity contribution in [1.29, 1.82) is 0 Å². The summed E-state index contributed by atoms with van der Waals surface area (Å²) < 4.78 is 66.4. The fourth-order valence-electron chi connectivity index (χ4n) is 5.08. The molecule has 0 aliphatic rings. The molecule has 10 nitrogen and oxygen atoms in total. The van der Waals surface area contributed by atoms with E-state index in [0.717, 1.165) is 18.2 Å². The highest BCUT2D eigenvalue weighted by atomic mass is 19.4. The quantitative estimate of drug-likeness (QED) is 0.247. The van der Waals surface area contributed by atoms with Crippen LogP contribution < -0.4 is 16.7 Å². The number of fused-ring (bicyclic) bond motifs is 1. The Bertz CT molecular complexity index is 1970. The fourth-order valence-corrected chi connectivity index (χ4v) is 5.08. The van der Waals surface area contributed by atoms with Crippen molar-refractivity contribution in [2.45, 2.75) is 19.6 Å². The van der Waals surface area contributed by atoms with Crippen LogP contribution in [0.5, 0.6) is 0 Å². The molecule has 0 radical (unpaired) electrons. The number of aryl methyl sites for hydroxylation is 2. The lowest BCUT2D eigenvalue weighted by atomic mass is 10.0. The minimum Gasteiger partial charge on any atom is -0.383 e. The van der Waals surface area contributed by atoms with E-state index in [2.05, 4.69) is 10.4 Å². The number of ether oxygens (including phenoxy) is 1. The third kappa shape index (κ3) is 5.46. The first kappa shape index (κ1) is 30.2. The highest BCUT2D eigenvalue weighted by Crippen LogP contribution is 2.37. The maximum Gasteiger partial charge on any atom is 0.416 e. The molecule has 2 aromatic heterocycles.